The minimum absolute atomic E-state index is 0.103. The molecule has 0 saturated heterocycles. The van der Waals surface area contributed by atoms with Crippen molar-refractivity contribution in [1.29, 1.82) is 0 Å². The second kappa shape index (κ2) is 5.77. The smallest absolute Gasteiger partial charge is 0.270 e. The van der Waals surface area contributed by atoms with Crippen LogP contribution in [-0.4, -0.2) is 14.3 Å². The van der Waals surface area contributed by atoms with Crippen LogP contribution in [0.25, 0.3) is 50.3 Å². The Hall–Kier alpha value is -4.46. The molecule has 0 atom stereocenters. The van der Waals surface area contributed by atoms with Crippen molar-refractivity contribution < 1.29 is 13.8 Å². The van der Waals surface area contributed by atoms with E-state index in [0.717, 1.165) is 5.52 Å². The predicted molar refractivity (Wildman–Crippen MR) is 111 cm³/mol. The number of oxazole rings is 2. The number of aromatic nitrogens is 2. The number of benzene rings is 3. The molecule has 144 valence electrons. The molecular weight excluding hydrogens is 386 g/mol. The molecule has 8 heteroatoms. The van der Waals surface area contributed by atoms with E-state index in [1.54, 1.807) is 28.7 Å². The van der Waals surface area contributed by atoms with Crippen LogP contribution >= 0.6 is 0 Å². The summed E-state index contributed by atoms with van der Waals surface area (Å²) in [5, 5.41) is 11.5. The normalized spacial score (nSPS) is 11.7. The van der Waals surface area contributed by atoms with Crippen LogP contribution in [0, 0.1) is 10.1 Å². The maximum Gasteiger partial charge on any atom is 0.270 e. The maximum atomic E-state index is 13.5. The van der Waals surface area contributed by atoms with Gasteiger partial charge in [-0.2, -0.15) is 0 Å². The topological polar surface area (TPSA) is 104 Å². The monoisotopic (exact) mass is 397 g/mol. The highest BCUT2D eigenvalue weighted by atomic mass is 16.6. The molecule has 0 N–H and O–H groups in total. The van der Waals surface area contributed by atoms with Crippen molar-refractivity contribution in [2.24, 2.45) is 0 Å². The number of pyridine rings is 1. The third-order valence-electron chi connectivity index (χ3n) is 5.14. The van der Waals surface area contributed by atoms with Gasteiger partial charge in [0.15, 0.2) is 11.2 Å². The van der Waals surface area contributed by atoms with Crippen LogP contribution in [0.3, 0.4) is 0 Å². The molecule has 8 nitrogen and oxygen atoms in total. The molecule has 0 radical (unpaired) electrons. The molecule has 6 rings (SSSR count). The Morgan fingerprint density at radius 2 is 1.67 bits per heavy atom. The van der Waals surface area contributed by atoms with Crippen LogP contribution in [0.1, 0.15) is 0 Å². The molecule has 0 fully saturated rings. The number of non-ortho nitro benzene ring substituents is 1. The number of hydrogen-bond acceptors (Lipinski definition) is 6. The third-order valence-corrected chi connectivity index (χ3v) is 5.14. The maximum absolute atomic E-state index is 13.5. The molecule has 0 aliphatic rings. The summed E-state index contributed by atoms with van der Waals surface area (Å²) in [6.07, 6.45) is 0. The molecule has 0 saturated carbocycles. The molecule has 3 aromatic carbocycles. The number of para-hydroxylation sites is 4. The fraction of sp³-hybridized carbons (Fsp3) is 0. The van der Waals surface area contributed by atoms with Crippen molar-refractivity contribution >= 4 is 44.5 Å². The van der Waals surface area contributed by atoms with E-state index in [1.807, 2.05) is 30.3 Å². The highest BCUT2D eigenvalue weighted by Gasteiger charge is 2.24. The Balaban J connectivity index is 1.85. The zero-order valence-corrected chi connectivity index (χ0v) is 15.2. The van der Waals surface area contributed by atoms with Gasteiger partial charge < -0.3 is 8.83 Å². The van der Waals surface area contributed by atoms with E-state index in [1.165, 1.54) is 12.1 Å². The van der Waals surface area contributed by atoms with Gasteiger partial charge in [0.1, 0.15) is 11.1 Å². The zero-order chi connectivity index (χ0) is 20.4. The lowest BCUT2D eigenvalue weighted by Gasteiger charge is -2.05. The number of rotatable bonds is 2. The zero-order valence-electron chi connectivity index (χ0n) is 15.2. The number of fused-ring (bicyclic) bond motifs is 6. The SMILES string of the molecule is O=c1c(-c2nc3ccccc3o2)c2oc3ccccc3n2c2ccc([N+](=O)[O-])cc12. The molecule has 0 unspecified atom stereocenters. The molecule has 0 amide bonds. The second-order valence-electron chi connectivity index (χ2n) is 6.86. The Bertz CT molecular complexity index is 1670. The van der Waals surface area contributed by atoms with Gasteiger partial charge in [-0.25, -0.2) is 4.98 Å². The third kappa shape index (κ3) is 2.15. The van der Waals surface area contributed by atoms with Gasteiger partial charge in [0.25, 0.3) is 5.69 Å². The number of hydrogen-bond donors (Lipinski definition) is 0. The van der Waals surface area contributed by atoms with E-state index >= 15 is 0 Å². The van der Waals surface area contributed by atoms with Crippen LogP contribution in [0.2, 0.25) is 0 Å². The molecule has 3 heterocycles. The summed E-state index contributed by atoms with van der Waals surface area (Å²) in [6.45, 7) is 0. The lowest BCUT2D eigenvalue weighted by Crippen LogP contribution is -2.10. The van der Waals surface area contributed by atoms with Gasteiger partial charge in [-0.1, -0.05) is 24.3 Å². The van der Waals surface area contributed by atoms with E-state index in [-0.39, 0.29) is 28.2 Å². The van der Waals surface area contributed by atoms with Gasteiger partial charge in [-0.3, -0.25) is 19.3 Å². The van der Waals surface area contributed by atoms with Crippen molar-refractivity contribution in [2.75, 3.05) is 0 Å². The van der Waals surface area contributed by atoms with Crippen LogP contribution in [0.15, 0.2) is 80.4 Å². The van der Waals surface area contributed by atoms with Crippen molar-refractivity contribution in [3.05, 3.63) is 87.1 Å². The molecule has 0 aliphatic carbocycles. The minimum atomic E-state index is -0.527. The molecule has 0 aliphatic heterocycles. The fourth-order valence-electron chi connectivity index (χ4n) is 3.80. The van der Waals surface area contributed by atoms with Gasteiger partial charge in [0.05, 0.1) is 21.3 Å². The lowest BCUT2D eigenvalue weighted by atomic mass is 10.1. The van der Waals surface area contributed by atoms with E-state index in [0.29, 0.717) is 22.2 Å². The minimum Gasteiger partial charge on any atom is -0.437 e. The van der Waals surface area contributed by atoms with Crippen LogP contribution in [0.4, 0.5) is 5.69 Å². The van der Waals surface area contributed by atoms with Crippen LogP contribution in [0.5, 0.6) is 0 Å². The summed E-state index contributed by atoms with van der Waals surface area (Å²) >= 11 is 0. The van der Waals surface area contributed by atoms with E-state index in [2.05, 4.69) is 4.98 Å². The average molecular weight is 397 g/mol. The number of nitrogens with zero attached hydrogens (tertiary/aromatic N) is 3. The first-order chi connectivity index (χ1) is 14.6. The molecule has 3 aromatic heterocycles. The molecule has 0 spiro atoms. The van der Waals surface area contributed by atoms with Crippen molar-refractivity contribution in [2.45, 2.75) is 0 Å². The predicted octanol–water partition coefficient (Wildman–Crippen LogP) is 4.92. The fourth-order valence-corrected chi connectivity index (χ4v) is 3.80. The first-order valence-electron chi connectivity index (χ1n) is 9.12. The first-order valence-corrected chi connectivity index (χ1v) is 9.12. The molecule has 0 bridgehead atoms. The molecule has 6 aromatic rings. The van der Waals surface area contributed by atoms with Gasteiger partial charge >= 0.3 is 0 Å². The van der Waals surface area contributed by atoms with Gasteiger partial charge in [-0.05, 0) is 30.3 Å². The Kier molecular flexibility index (Phi) is 3.17. The summed E-state index contributed by atoms with van der Waals surface area (Å²) in [6, 6.07) is 18.7. The summed E-state index contributed by atoms with van der Waals surface area (Å²) in [7, 11) is 0. The van der Waals surface area contributed by atoms with Crippen molar-refractivity contribution in [3.63, 3.8) is 0 Å². The molecular formula is C22H11N3O5. The standard InChI is InChI=1S/C22H11N3O5/c26-20-13-11-12(25(27)28)9-10-15(13)24-16-6-2-4-8-18(16)30-22(24)19(20)21-23-14-5-1-3-7-17(14)29-21/h1-11H. The van der Waals surface area contributed by atoms with Crippen molar-refractivity contribution in [1.82, 2.24) is 9.38 Å². The summed E-state index contributed by atoms with van der Waals surface area (Å²) in [5.41, 5.74) is 2.70. The highest BCUT2D eigenvalue weighted by molar-refractivity contribution is 5.96. The second-order valence-corrected chi connectivity index (χ2v) is 6.86. The van der Waals surface area contributed by atoms with Gasteiger partial charge in [-0.15, -0.1) is 0 Å². The number of nitro groups is 1. The van der Waals surface area contributed by atoms with E-state index in [9.17, 15) is 14.9 Å². The summed E-state index contributed by atoms with van der Waals surface area (Å²) in [5.74, 6) is 0.103. The summed E-state index contributed by atoms with van der Waals surface area (Å²) < 4.78 is 13.6. The Labute approximate surface area is 166 Å². The van der Waals surface area contributed by atoms with Crippen LogP contribution in [-0.2, 0) is 0 Å². The summed E-state index contributed by atoms with van der Waals surface area (Å²) in [4.78, 5) is 28.7. The quantitative estimate of drug-likeness (QED) is 0.304. The highest BCUT2D eigenvalue weighted by Crippen LogP contribution is 2.33. The Morgan fingerprint density at radius 1 is 0.900 bits per heavy atom. The number of nitro benzene ring substituents is 1. The average Bonchev–Trinajstić information content (AvgIpc) is 3.35. The largest absolute Gasteiger partial charge is 0.437 e. The van der Waals surface area contributed by atoms with Gasteiger partial charge in [0.2, 0.25) is 17.0 Å². The Morgan fingerprint density at radius 3 is 2.47 bits per heavy atom. The van der Waals surface area contributed by atoms with Gasteiger partial charge in [0, 0.05) is 12.1 Å². The van der Waals surface area contributed by atoms with Crippen molar-refractivity contribution in [3.8, 4) is 11.5 Å². The first kappa shape index (κ1) is 16.5. The lowest BCUT2D eigenvalue weighted by molar-refractivity contribution is -0.384. The van der Waals surface area contributed by atoms with E-state index in [4.69, 9.17) is 8.83 Å². The molecule has 30 heavy (non-hydrogen) atoms. The van der Waals surface area contributed by atoms with Crippen LogP contribution < -0.4 is 5.43 Å². The van der Waals surface area contributed by atoms with E-state index < -0.39 is 10.4 Å².